The molecule has 1 aromatic carbocycles. The highest BCUT2D eigenvalue weighted by molar-refractivity contribution is 5.78. The number of carbonyl (C=O) groups excluding carboxylic acids is 1. The van der Waals surface area contributed by atoms with Gasteiger partial charge in [-0.2, -0.15) is 0 Å². The fourth-order valence-corrected chi connectivity index (χ4v) is 2.58. The van der Waals surface area contributed by atoms with Crippen molar-refractivity contribution in [1.82, 2.24) is 9.88 Å². The maximum Gasteiger partial charge on any atom is 0.228 e. The number of hydrogen-bond acceptors (Lipinski definition) is 4. The average molecular weight is 334 g/mol. The number of hydrogen-bond donors (Lipinski definition) is 1. The minimum atomic E-state index is -0.937. The Morgan fingerprint density at radius 3 is 2.83 bits per heavy atom. The lowest BCUT2D eigenvalue weighted by molar-refractivity contribution is -0.138. The van der Waals surface area contributed by atoms with Crippen molar-refractivity contribution in [3.05, 3.63) is 59.4 Å². The van der Waals surface area contributed by atoms with Gasteiger partial charge in [-0.05, 0) is 29.8 Å². The molecule has 2 aromatic rings. The van der Waals surface area contributed by atoms with E-state index in [1.807, 2.05) is 0 Å². The minimum absolute atomic E-state index is 0.0379. The lowest BCUT2D eigenvalue weighted by Crippen LogP contribution is -2.43. The van der Waals surface area contributed by atoms with Gasteiger partial charge in [0.05, 0.1) is 25.8 Å². The van der Waals surface area contributed by atoms with E-state index in [9.17, 15) is 18.7 Å². The van der Waals surface area contributed by atoms with Crippen LogP contribution in [0.4, 0.5) is 8.78 Å². The Bertz CT molecular complexity index is 737. The Kier molecular flexibility index (Phi) is 4.71. The summed E-state index contributed by atoms with van der Waals surface area (Å²) >= 11 is 0. The number of aromatic nitrogens is 1. The van der Waals surface area contributed by atoms with E-state index in [1.54, 1.807) is 11.0 Å². The van der Waals surface area contributed by atoms with Gasteiger partial charge in [0.25, 0.3) is 0 Å². The van der Waals surface area contributed by atoms with Gasteiger partial charge >= 0.3 is 0 Å². The fourth-order valence-electron chi connectivity index (χ4n) is 2.58. The topological polar surface area (TPSA) is 62.7 Å². The number of pyridine rings is 1. The Morgan fingerprint density at radius 2 is 2.12 bits per heavy atom. The summed E-state index contributed by atoms with van der Waals surface area (Å²) in [6, 6.07) is 6.66. The van der Waals surface area contributed by atoms with E-state index in [-0.39, 0.29) is 24.6 Å². The fraction of sp³-hybridized carbons (Fsp3) is 0.294. The number of amides is 1. The van der Waals surface area contributed by atoms with Crippen molar-refractivity contribution < 1.29 is 23.4 Å². The smallest absolute Gasteiger partial charge is 0.228 e. The number of carbonyl (C=O) groups is 1. The molecule has 1 aliphatic heterocycles. The van der Waals surface area contributed by atoms with E-state index in [2.05, 4.69) is 4.98 Å². The summed E-state index contributed by atoms with van der Waals surface area (Å²) in [7, 11) is 0. The molecule has 0 aliphatic carbocycles. The second-order valence-electron chi connectivity index (χ2n) is 5.56. The normalized spacial score (nSPS) is 17.8. The van der Waals surface area contributed by atoms with Gasteiger partial charge in [0.1, 0.15) is 11.9 Å². The zero-order chi connectivity index (χ0) is 17.1. The van der Waals surface area contributed by atoms with Crippen molar-refractivity contribution in [2.45, 2.75) is 12.5 Å². The van der Waals surface area contributed by atoms with Crippen molar-refractivity contribution >= 4 is 5.91 Å². The number of ether oxygens (including phenoxy) is 1. The number of aromatic hydroxyl groups is 1. The molecule has 2 heterocycles. The molecular weight excluding hydrogens is 318 g/mol. The van der Waals surface area contributed by atoms with Gasteiger partial charge in [-0.15, -0.1) is 0 Å². The summed E-state index contributed by atoms with van der Waals surface area (Å²) in [4.78, 5) is 18.0. The van der Waals surface area contributed by atoms with Gasteiger partial charge < -0.3 is 14.7 Å². The summed E-state index contributed by atoms with van der Waals surface area (Å²) in [5.74, 6) is -1.95. The molecule has 1 amide bonds. The molecule has 3 rings (SSSR count). The van der Waals surface area contributed by atoms with Crippen LogP contribution >= 0.6 is 0 Å². The molecule has 0 bridgehead atoms. The van der Waals surface area contributed by atoms with Gasteiger partial charge in [-0.3, -0.25) is 9.78 Å². The molecule has 1 atom stereocenters. The molecule has 0 saturated carbocycles. The zero-order valence-electron chi connectivity index (χ0n) is 12.8. The molecule has 1 N–H and O–H groups in total. The molecule has 0 spiro atoms. The highest BCUT2D eigenvalue weighted by Gasteiger charge is 2.26. The minimum Gasteiger partial charge on any atom is -0.506 e. The van der Waals surface area contributed by atoms with E-state index in [1.165, 1.54) is 18.3 Å². The summed E-state index contributed by atoms with van der Waals surface area (Å²) in [6.45, 7) is 1.01. The Labute approximate surface area is 137 Å². The van der Waals surface area contributed by atoms with Crippen LogP contribution in [0, 0.1) is 11.6 Å². The molecule has 24 heavy (non-hydrogen) atoms. The van der Waals surface area contributed by atoms with Crippen molar-refractivity contribution in [3.63, 3.8) is 0 Å². The summed E-state index contributed by atoms with van der Waals surface area (Å²) in [5, 5.41) is 9.21. The molecule has 1 aliphatic rings. The third-order valence-electron chi connectivity index (χ3n) is 3.88. The van der Waals surface area contributed by atoms with Crippen LogP contribution in [-0.2, 0) is 16.0 Å². The Hall–Kier alpha value is -2.54. The molecular formula is C17H16F2N2O3. The van der Waals surface area contributed by atoms with Crippen LogP contribution in [0.1, 0.15) is 17.4 Å². The number of morpholine rings is 1. The lowest BCUT2D eigenvalue weighted by Gasteiger charge is -2.33. The highest BCUT2D eigenvalue weighted by atomic mass is 19.2. The van der Waals surface area contributed by atoms with Crippen molar-refractivity contribution in [2.24, 2.45) is 0 Å². The molecule has 0 radical (unpaired) electrons. The number of rotatable bonds is 3. The van der Waals surface area contributed by atoms with Crippen LogP contribution in [0.25, 0.3) is 0 Å². The predicted molar refractivity (Wildman–Crippen MR) is 81.2 cm³/mol. The molecule has 126 valence electrons. The first kappa shape index (κ1) is 16.3. The van der Waals surface area contributed by atoms with Crippen molar-refractivity contribution in [3.8, 4) is 5.75 Å². The third kappa shape index (κ3) is 3.68. The zero-order valence-corrected chi connectivity index (χ0v) is 12.8. The van der Waals surface area contributed by atoms with E-state index >= 15 is 0 Å². The third-order valence-corrected chi connectivity index (χ3v) is 3.88. The van der Waals surface area contributed by atoms with Crippen molar-refractivity contribution in [2.75, 3.05) is 19.7 Å². The Morgan fingerprint density at radius 1 is 1.29 bits per heavy atom. The van der Waals surface area contributed by atoms with Gasteiger partial charge in [-0.25, -0.2) is 8.78 Å². The second-order valence-corrected chi connectivity index (χ2v) is 5.56. The molecule has 1 unspecified atom stereocenters. The van der Waals surface area contributed by atoms with Crippen LogP contribution < -0.4 is 0 Å². The van der Waals surface area contributed by atoms with Crippen LogP contribution in [0.5, 0.6) is 5.75 Å². The summed E-state index contributed by atoms with van der Waals surface area (Å²) < 4.78 is 32.0. The van der Waals surface area contributed by atoms with Crippen LogP contribution in [0.2, 0.25) is 0 Å². The summed E-state index contributed by atoms with van der Waals surface area (Å²) in [6.07, 6.45) is 0.891. The molecule has 1 saturated heterocycles. The molecule has 1 aromatic heterocycles. The van der Waals surface area contributed by atoms with E-state index < -0.39 is 17.7 Å². The average Bonchev–Trinajstić information content (AvgIpc) is 2.59. The quantitative estimate of drug-likeness (QED) is 0.935. The van der Waals surface area contributed by atoms with Crippen LogP contribution in [0.3, 0.4) is 0 Å². The first-order valence-corrected chi connectivity index (χ1v) is 7.51. The second kappa shape index (κ2) is 6.92. The maximum absolute atomic E-state index is 13.4. The number of nitrogens with zero attached hydrogens (tertiary/aromatic N) is 2. The van der Waals surface area contributed by atoms with E-state index in [0.717, 1.165) is 12.1 Å². The first-order valence-electron chi connectivity index (χ1n) is 7.51. The van der Waals surface area contributed by atoms with Gasteiger partial charge in [0, 0.05) is 12.2 Å². The summed E-state index contributed by atoms with van der Waals surface area (Å²) in [5.41, 5.74) is 1.04. The van der Waals surface area contributed by atoms with Crippen molar-refractivity contribution in [1.29, 1.82) is 0 Å². The SMILES string of the molecule is O=C(Cc1ccc(O)cn1)N1CCOC(c2ccc(F)c(F)c2)C1. The van der Waals surface area contributed by atoms with Gasteiger partial charge in [0.2, 0.25) is 5.91 Å². The van der Waals surface area contributed by atoms with E-state index in [0.29, 0.717) is 24.4 Å². The lowest BCUT2D eigenvalue weighted by atomic mass is 10.1. The Balaban J connectivity index is 1.67. The molecule has 5 nitrogen and oxygen atoms in total. The maximum atomic E-state index is 13.4. The van der Waals surface area contributed by atoms with Gasteiger partial charge in [-0.1, -0.05) is 6.07 Å². The highest BCUT2D eigenvalue weighted by Crippen LogP contribution is 2.24. The van der Waals surface area contributed by atoms with Crippen LogP contribution in [0.15, 0.2) is 36.5 Å². The number of halogens is 2. The van der Waals surface area contributed by atoms with Crippen LogP contribution in [-0.4, -0.2) is 40.6 Å². The van der Waals surface area contributed by atoms with Gasteiger partial charge in [0.15, 0.2) is 11.6 Å². The monoisotopic (exact) mass is 334 g/mol. The largest absolute Gasteiger partial charge is 0.506 e. The van der Waals surface area contributed by atoms with E-state index in [4.69, 9.17) is 4.74 Å². The molecule has 7 heteroatoms. The standard InChI is InChI=1S/C17H16F2N2O3/c18-14-4-1-11(7-15(14)19)16-10-21(5-6-24-16)17(23)8-12-2-3-13(22)9-20-12/h1-4,7,9,16,22H,5-6,8,10H2. The first-order chi connectivity index (χ1) is 11.5. The number of benzene rings is 1. The predicted octanol–water partition coefficient (Wildman–Crippen LogP) is 2.21. The molecule has 1 fully saturated rings.